The fraction of sp³-hybridized carbons (Fsp3) is 0.522. The summed E-state index contributed by atoms with van der Waals surface area (Å²) in [5.74, 6) is 0.189. The Hall–Kier alpha value is -2.30. The third kappa shape index (κ3) is 4.94. The quantitative estimate of drug-likeness (QED) is 0.625. The van der Waals surface area contributed by atoms with Gasteiger partial charge in [0.25, 0.3) is 0 Å². The average molecular weight is 384 g/mol. The predicted molar refractivity (Wildman–Crippen MR) is 108 cm³/mol. The van der Waals surface area contributed by atoms with Crippen molar-refractivity contribution >= 4 is 5.97 Å². The molecule has 0 amide bonds. The minimum Gasteiger partial charge on any atom is -0.460 e. The molecule has 2 aromatic rings. The van der Waals surface area contributed by atoms with Gasteiger partial charge in [0.1, 0.15) is 6.10 Å². The van der Waals surface area contributed by atoms with Gasteiger partial charge < -0.3 is 4.74 Å². The minimum atomic E-state index is -1.51. The number of carbonyl (C=O) groups is 1. The van der Waals surface area contributed by atoms with E-state index in [2.05, 4.69) is 34.2 Å². The molecule has 2 atom stereocenters. The van der Waals surface area contributed by atoms with E-state index in [1.54, 1.807) is 6.92 Å². The van der Waals surface area contributed by atoms with Crippen molar-refractivity contribution < 1.29 is 13.9 Å². The molecule has 4 nitrogen and oxygen atoms in total. The molecule has 28 heavy (non-hydrogen) atoms. The number of carbonyl (C=O) groups excluding carboxylic acids is 1. The molecule has 150 valence electrons. The first-order chi connectivity index (χ1) is 13.5. The summed E-state index contributed by atoms with van der Waals surface area (Å²) in [5.41, 5.74) is 3.33. The van der Waals surface area contributed by atoms with Crippen LogP contribution in [-0.4, -0.2) is 28.2 Å². The van der Waals surface area contributed by atoms with Crippen molar-refractivity contribution in [3.05, 3.63) is 47.8 Å². The van der Waals surface area contributed by atoms with Gasteiger partial charge in [-0.1, -0.05) is 44.5 Å². The number of rotatable bonds is 6. The van der Waals surface area contributed by atoms with E-state index in [-0.39, 0.29) is 12.0 Å². The summed E-state index contributed by atoms with van der Waals surface area (Å²) in [5, 5.41) is 0. The number of ether oxygens (including phenoxy) is 1. The number of aromatic nitrogens is 2. The van der Waals surface area contributed by atoms with Crippen LogP contribution in [0.15, 0.2) is 36.7 Å². The third-order valence-electron chi connectivity index (χ3n) is 5.75. The zero-order valence-corrected chi connectivity index (χ0v) is 16.9. The maximum absolute atomic E-state index is 14.0. The lowest BCUT2D eigenvalue weighted by molar-refractivity contribution is -0.158. The van der Waals surface area contributed by atoms with Crippen LogP contribution in [0.3, 0.4) is 0 Å². The summed E-state index contributed by atoms with van der Waals surface area (Å²) >= 11 is 0. The fourth-order valence-corrected chi connectivity index (χ4v) is 3.63. The summed E-state index contributed by atoms with van der Waals surface area (Å²) in [4.78, 5) is 20.7. The summed E-state index contributed by atoms with van der Waals surface area (Å²) in [6.07, 6.45) is 6.05. The van der Waals surface area contributed by atoms with Crippen LogP contribution < -0.4 is 0 Å². The van der Waals surface area contributed by atoms with Crippen LogP contribution in [0.2, 0.25) is 0 Å². The molecule has 1 saturated carbocycles. The van der Waals surface area contributed by atoms with Gasteiger partial charge in [0.15, 0.2) is 12.0 Å². The molecule has 0 spiro atoms. The summed E-state index contributed by atoms with van der Waals surface area (Å²) in [6.45, 7) is 5.60. The molecule has 1 aromatic carbocycles. The predicted octanol–water partition coefficient (Wildman–Crippen LogP) is 5.41. The molecule has 0 radical (unpaired) electrons. The van der Waals surface area contributed by atoms with Crippen molar-refractivity contribution in [2.24, 2.45) is 5.92 Å². The zero-order valence-electron chi connectivity index (χ0n) is 16.9. The molecule has 0 unspecified atom stereocenters. The largest absolute Gasteiger partial charge is 0.460 e. The Kier molecular flexibility index (Phi) is 6.76. The number of nitrogens with zero attached hydrogens (tertiary/aromatic N) is 2. The smallest absolute Gasteiger partial charge is 0.341 e. The Morgan fingerprint density at radius 1 is 1.14 bits per heavy atom. The maximum atomic E-state index is 14.0. The van der Waals surface area contributed by atoms with Gasteiger partial charge in [0, 0.05) is 18.0 Å². The molecule has 1 aliphatic carbocycles. The highest BCUT2D eigenvalue weighted by Crippen LogP contribution is 2.35. The van der Waals surface area contributed by atoms with Crippen LogP contribution in [0, 0.1) is 12.8 Å². The van der Waals surface area contributed by atoms with Gasteiger partial charge >= 0.3 is 5.97 Å². The number of esters is 1. The van der Waals surface area contributed by atoms with Gasteiger partial charge in [0.05, 0.1) is 0 Å². The lowest BCUT2D eigenvalue weighted by Crippen LogP contribution is -2.31. The summed E-state index contributed by atoms with van der Waals surface area (Å²) in [7, 11) is 0. The van der Waals surface area contributed by atoms with E-state index in [0.717, 1.165) is 42.6 Å². The van der Waals surface area contributed by atoms with Crippen molar-refractivity contribution in [3.63, 3.8) is 0 Å². The van der Waals surface area contributed by atoms with Gasteiger partial charge in [-0.25, -0.2) is 19.2 Å². The van der Waals surface area contributed by atoms with Gasteiger partial charge in [-0.3, -0.25) is 0 Å². The first kappa shape index (κ1) is 20.4. The van der Waals surface area contributed by atoms with E-state index in [0.29, 0.717) is 12.3 Å². The van der Waals surface area contributed by atoms with Crippen molar-refractivity contribution in [2.45, 2.75) is 71.1 Å². The number of benzene rings is 1. The lowest BCUT2D eigenvalue weighted by Gasteiger charge is -2.29. The molecule has 5 heteroatoms. The molecular weight excluding hydrogens is 355 g/mol. The topological polar surface area (TPSA) is 52.1 Å². The standard InChI is InChI=1S/C23H29FN2O2/c1-4-16(3)21(24)23(27)28-20-11-9-18(10-12-20)17-5-7-19(8-6-17)22-25-13-15(2)14-26-22/h5-8,13-14,16,18,20-21H,4,9-12H2,1-3H3/t16-,18-,20-,21-/m0/s1. The number of hydrogen-bond acceptors (Lipinski definition) is 4. The van der Waals surface area contributed by atoms with Crippen LogP contribution in [0.4, 0.5) is 4.39 Å². The second-order valence-corrected chi connectivity index (χ2v) is 7.90. The fourth-order valence-electron chi connectivity index (χ4n) is 3.63. The number of halogens is 1. The molecule has 0 bridgehead atoms. The van der Waals surface area contributed by atoms with E-state index >= 15 is 0 Å². The van der Waals surface area contributed by atoms with Crippen LogP contribution in [0.1, 0.15) is 63.0 Å². The molecule has 0 saturated heterocycles. The lowest BCUT2D eigenvalue weighted by atomic mass is 9.82. The Balaban J connectivity index is 1.53. The monoisotopic (exact) mass is 384 g/mol. The van der Waals surface area contributed by atoms with Crippen LogP contribution >= 0.6 is 0 Å². The first-order valence-electron chi connectivity index (χ1n) is 10.2. The Bertz CT molecular complexity index is 768. The molecule has 0 aliphatic heterocycles. The summed E-state index contributed by atoms with van der Waals surface area (Å²) in [6, 6.07) is 8.39. The van der Waals surface area contributed by atoms with Gasteiger partial charge in [-0.15, -0.1) is 0 Å². The SMILES string of the molecule is CC[C@H](C)[C@H](F)C(=O)O[C@H]1CC[C@H](c2ccc(-c3ncc(C)cn3)cc2)CC1. The Labute approximate surface area is 166 Å². The van der Waals surface area contributed by atoms with Crippen molar-refractivity contribution in [2.75, 3.05) is 0 Å². The average Bonchev–Trinajstić information content (AvgIpc) is 2.74. The minimum absolute atomic E-state index is 0.161. The highest BCUT2D eigenvalue weighted by Gasteiger charge is 2.30. The zero-order chi connectivity index (χ0) is 20.1. The van der Waals surface area contributed by atoms with E-state index < -0.39 is 12.1 Å². The van der Waals surface area contributed by atoms with Gasteiger partial charge in [-0.2, -0.15) is 0 Å². The van der Waals surface area contributed by atoms with Crippen LogP contribution in [0.25, 0.3) is 11.4 Å². The third-order valence-corrected chi connectivity index (χ3v) is 5.75. The maximum Gasteiger partial charge on any atom is 0.341 e. The highest BCUT2D eigenvalue weighted by atomic mass is 19.1. The second kappa shape index (κ2) is 9.26. The van der Waals surface area contributed by atoms with E-state index in [9.17, 15) is 9.18 Å². The molecule has 1 aromatic heterocycles. The summed E-state index contributed by atoms with van der Waals surface area (Å²) < 4.78 is 19.4. The molecule has 0 N–H and O–H groups in total. The molecule has 3 rings (SSSR count). The Morgan fingerprint density at radius 3 is 2.32 bits per heavy atom. The molecular formula is C23H29FN2O2. The number of alkyl halides is 1. The number of hydrogen-bond donors (Lipinski definition) is 0. The van der Waals surface area contributed by atoms with Crippen molar-refractivity contribution in [1.82, 2.24) is 9.97 Å². The molecule has 1 fully saturated rings. The van der Waals surface area contributed by atoms with Crippen LogP contribution in [-0.2, 0) is 9.53 Å². The van der Waals surface area contributed by atoms with E-state index in [1.807, 2.05) is 26.2 Å². The number of aryl methyl sites for hydroxylation is 1. The first-order valence-corrected chi connectivity index (χ1v) is 10.2. The van der Waals surface area contributed by atoms with Crippen LogP contribution in [0.5, 0.6) is 0 Å². The second-order valence-electron chi connectivity index (χ2n) is 7.90. The highest BCUT2D eigenvalue weighted by molar-refractivity contribution is 5.75. The normalized spacial score (nSPS) is 21.7. The Morgan fingerprint density at radius 2 is 1.75 bits per heavy atom. The molecule has 1 aliphatic rings. The molecule has 1 heterocycles. The van der Waals surface area contributed by atoms with Gasteiger partial charge in [0.2, 0.25) is 0 Å². The van der Waals surface area contributed by atoms with Crippen molar-refractivity contribution in [1.29, 1.82) is 0 Å². The van der Waals surface area contributed by atoms with Gasteiger partial charge in [-0.05, 0) is 55.6 Å². The van der Waals surface area contributed by atoms with Crippen molar-refractivity contribution in [3.8, 4) is 11.4 Å². The van der Waals surface area contributed by atoms with E-state index in [4.69, 9.17) is 4.74 Å². The van der Waals surface area contributed by atoms with E-state index in [1.165, 1.54) is 5.56 Å².